The Kier molecular flexibility index (Phi) is 2.33. The van der Waals surface area contributed by atoms with Crippen molar-refractivity contribution in [3.05, 3.63) is 30.2 Å². The van der Waals surface area contributed by atoms with E-state index in [1.807, 2.05) is 0 Å². The molecule has 0 atom stereocenters. The fourth-order valence-corrected chi connectivity index (χ4v) is 1.77. The third kappa shape index (κ3) is 1.68. The van der Waals surface area contributed by atoms with Gasteiger partial charge in [-0.3, -0.25) is 4.98 Å². The van der Waals surface area contributed by atoms with Crippen LogP contribution in [0.25, 0.3) is 10.9 Å². The van der Waals surface area contributed by atoms with E-state index in [9.17, 15) is 4.39 Å². The zero-order valence-corrected chi connectivity index (χ0v) is 9.02. The molecule has 3 rings (SSSR count). The Morgan fingerprint density at radius 3 is 3.00 bits per heavy atom. The number of hydrogen-bond acceptors (Lipinski definition) is 4. The fourth-order valence-electron chi connectivity index (χ4n) is 1.77. The summed E-state index contributed by atoms with van der Waals surface area (Å²) in [7, 11) is 0. The highest BCUT2D eigenvalue weighted by Crippen LogP contribution is 2.32. The van der Waals surface area contributed by atoms with Gasteiger partial charge in [0.1, 0.15) is 11.6 Å². The van der Waals surface area contributed by atoms with E-state index in [4.69, 9.17) is 15.2 Å². The van der Waals surface area contributed by atoms with Crippen LogP contribution in [0.15, 0.2) is 24.4 Å². The standard InChI is InChI=1S/C12H11FN2O2/c13-9-4-10(14)8-2-1-3-15-11(8)12(9)17-7-5-16-6-7/h1-4,7H,5-6,14H2. The predicted molar refractivity (Wildman–Crippen MR) is 61.3 cm³/mol. The molecule has 2 aromatic rings. The average molecular weight is 234 g/mol. The molecule has 0 aliphatic carbocycles. The molecule has 2 heterocycles. The van der Waals surface area contributed by atoms with Gasteiger partial charge in [0.2, 0.25) is 0 Å². The first-order valence-electron chi connectivity index (χ1n) is 5.33. The number of halogens is 1. The molecule has 1 aliphatic heterocycles. The molecule has 0 radical (unpaired) electrons. The number of pyridine rings is 1. The molecule has 88 valence electrons. The van der Waals surface area contributed by atoms with E-state index in [0.29, 0.717) is 29.8 Å². The van der Waals surface area contributed by atoms with Crippen molar-refractivity contribution in [1.29, 1.82) is 0 Å². The molecule has 5 heteroatoms. The number of rotatable bonds is 2. The Hall–Kier alpha value is -1.88. The Bertz CT molecular complexity index is 570. The second kappa shape index (κ2) is 3.85. The molecule has 0 bridgehead atoms. The summed E-state index contributed by atoms with van der Waals surface area (Å²) in [5.74, 6) is -0.330. The minimum Gasteiger partial charge on any atom is -0.480 e. The van der Waals surface area contributed by atoms with Crippen molar-refractivity contribution in [3.8, 4) is 5.75 Å². The van der Waals surface area contributed by atoms with E-state index >= 15 is 0 Å². The van der Waals surface area contributed by atoms with Gasteiger partial charge in [-0.2, -0.15) is 0 Å². The number of fused-ring (bicyclic) bond motifs is 1. The van der Waals surface area contributed by atoms with Crippen LogP contribution in [-0.4, -0.2) is 24.3 Å². The lowest BCUT2D eigenvalue weighted by molar-refractivity contribution is -0.0803. The third-order valence-electron chi connectivity index (χ3n) is 2.72. The van der Waals surface area contributed by atoms with E-state index in [-0.39, 0.29) is 11.9 Å². The summed E-state index contributed by atoms with van der Waals surface area (Å²) in [6.45, 7) is 0.969. The smallest absolute Gasteiger partial charge is 0.181 e. The fraction of sp³-hybridized carbons (Fsp3) is 0.250. The monoisotopic (exact) mass is 234 g/mol. The van der Waals surface area contributed by atoms with Gasteiger partial charge < -0.3 is 15.2 Å². The van der Waals surface area contributed by atoms with Crippen molar-refractivity contribution >= 4 is 16.6 Å². The van der Waals surface area contributed by atoms with E-state index < -0.39 is 5.82 Å². The second-order valence-electron chi connectivity index (χ2n) is 3.95. The SMILES string of the molecule is Nc1cc(F)c(OC2COC2)c2ncccc12. The lowest BCUT2D eigenvalue weighted by Gasteiger charge is -2.27. The van der Waals surface area contributed by atoms with Crippen LogP contribution < -0.4 is 10.5 Å². The second-order valence-corrected chi connectivity index (χ2v) is 3.95. The van der Waals surface area contributed by atoms with Gasteiger partial charge in [0.05, 0.1) is 13.2 Å². The average Bonchev–Trinajstić information content (AvgIpc) is 2.26. The molecule has 0 amide bonds. The third-order valence-corrected chi connectivity index (χ3v) is 2.72. The normalized spacial score (nSPS) is 15.8. The molecule has 4 nitrogen and oxygen atoms in total. The first-order valence-corrected chi connectivity index (χ1v) is 5.33. The molecule has 1 aliphatic rings. The molecule has 1 aromatic carbocycles. The lowest BCUT2D eigenvalue weighted by Crippen LogP contribution is -2.38. The van der Waals surface area contributed by atoms with Crippen molar-refractivity contribution in [1.82, 2.24) is 4.98 Å². The molecule has 2 N–H and O–H groups in total. The highest BCUT2D eigenvalue weighted by Gasteiger charge is 2.23. The number of aromatic nitrogens is 1. The molecule has 0 unspecified atom stereocenters. The maximum absolute atomic E-state index is 13.8. The minimum absolute atomic E-state index is 0.0988. The topological polar surface area (TPSA) is 57.4 Å². The Labute approximate surface area is 97.2 Å². The van der Waals surface area contributed by atoms with Crippen LogP contribution >= 0.6 is 0 Å². The van der Waals surface area contributed by atoms with Crippen LogP contribution in [0.2, 0.25) is 0 Å². The van der Waals surface area contributed by atoms with Gasteiger partial charge >= 0.3 is 0 Å². The van der Waals surface area contributed by atoms with Crippen LogP contribution in [-0.2, 0) is 4.74 Å². The van der Waals surface area contributed by atoms with Gasteiger partial charge in [0.25, 0.3) is 0 Å². The van der Waals surface area contributed by atoms with Crippen molar-refractivity contribution in [2.24, 2.45) is 0 Å². The van der Waals surface area contributed by atoms with Crippen LogP contribution in [0.3, 0.4) is 0 Å². The summed E-state index contributed by atoms with van der Waals surface area (Å²) >= 11 is 0. The number of hydrogen-bond donors (Lipinski definition) is 1. The molecular weight excluding hydrogens is 223 g/mol. The number of nitrogens with two attached hydrogens (primary N) is 1. The van der Waals surface area contributed by atoms with Crippen LogP contribution in [0, 0.1) is 5.82 Å². The highest BCUT2D eigenvalue weighted by atomic mass is 19.1. The van der Waals surface area contributed by atoms with Gasteiger partial charge in [-0.1, -0.05) is 0 Å². The Balaban J connectivity index is 2.14. The Morgan fingerprint density at radius 1 is 1.47 bits per heavy atom. The molecule has 0 saturated carbocycles. The molecular formula is C12H11FN2O2. The highest BCUT2D eigenvalue weighted by molar-refractivity contribution is 5.94. The number of anilines is 1. The van der Waals surface area contributed by atoms with Crippen LogP contribution in [0.1, 0.15) is 0 Å². The number of ether oxygens (including phenoxy) is 2. The Morgan fingerprint density at radius 2 is 2.29 bits per heavy atom. The van der Waals surface area contributed by atoms with E-state index in [2.05, 4.69) is 4.98 Å². The quantitative estimate of drug-likeness (QED) is 0.804. The molecule has 1 saturated heterocycles. The van der Waals surface area contributed by atoms with E-state index in [0.717, 1.165) is 0 Å². The zero-order chi connectivity index (χ0) is 11.8. The van der Waals surface area contributed by atoms with Crippen LogP contribution in [0.4, 0.5) is 10.1 Å². The van der Waals surface area contributed by atoms with Gasteiger partial charge in [-0.25, -0.2) is 4.39 Å². The van der Waals surface area contributed by atoms with Crippen LogP contribution in [0.5, 0.6) is 5.75 Å². The number of nitrogen functional groups attached to an aromatic ring is 1. The summed E-state index contributed by atoms with van der Waals surface area (Å²) in [5, 5.41) is 0.698. The van der Waals surface area contributed by atoms with Gasteiger partial charge in [0, 0.05) is 23.3 Å². The zero-order valence-electron chi connectivity index (χ0n) is 9.02. The summed E-state index contributed by atoms with van der Waals surface area (Å²) in [6, 6.07) is 4.81. The van der Waals surface area contributed by atoms with Gasteiger partial charge in [-0.15, -0.1) is 0 Å². The maximum atomic E-state index is 13.8. The first kappa shape index (κ1) is 10.3. The minimum atomic E-state index is -0.486. The molecule has 1 aromatic heterocycles. The number of nitrogens with zero attached hydrogens (tertiary/aromatic N) is 1. The largest absolute Gasteiger partial charge is 0.480 e. The first-order chi connectivity index (χ1) is 8.25. The van der Waals surface area contributed by atoms with Crippen molar-refractivity contribution in [3.63, 3.8) is 0 Å². The summed E-state index contributed by atoms with van der Waals surface area (Å²) in [5.41, 5.74) is 6.56. The van der Waals surface area contributed by atoms with Gasteiger partial charge in [-0.05, 0) is 12.1 Å². The lowest BCUT2D eigenvalue weighted by atomic mass is 10.1. The maximum Gasteiger partial charge on any atom is 0.181 e. The summed E-state index contributed by atoms with van der Waals surface area (Å²) < 4.78 is 24.3. The van der Waals surface area contributed by atoms with E-state index in [1.54, 1.807) is 18.3 Å². The molecule has 1 fully saturated rings. The summed E-state index contributed by atoms with van der Waals surface area (Å²) in [6.07, 6.45) is 1.49. The van der Waals surface area contributed by atoms with Gasteiger partial charge in [0.15, 0.2) is 11.6 Å². The van der Waals surface area contributed by atoms with Crippen molar-refractivity contribution in [2.45, 2.75) is 6.10 Å². The predicted octanol–water partition coefficient (Wildman–Crippen LogP) is 1.73. The number of benzene rings is 1. The van der Waals surface area contributed by atoms with Crippen molar-refractivity contribution < 1.29 is 13.9 Å². The van der Waals surface area contributed by atoms with E-state index in [1.165, 1.54) is 6.07 Å². The molecule has 0 spiro atoms. The molecule has 17 heavy (non-hydrogen) atoms. The summed E-state index contributed by atoms with van der Waals surface area (Å²) in [4.78, 5) is 4.13. The van der Waals surface area contributed by atoms with Crippen molar-refractivity contribution in [2.75, 3.05) is 18.9 Å².